The third kappa shape index (κ3) is 8.04. The van der Waals surface area contributed by atoms with E-state index in [1.165, 1.54) is 0 Å². The van der Waals surface area contributed by atoms with Crippen molar-refractivity contribution >= 4 is 35.4 Å². The molecule has 0 unspecified atom stereocenters. The van der Waals surface area contributed by atoms with E-state index in [9.17, 15) is 28.8 Å². The first-order valence-corrected chi connectivity index (χ1v) is 14.8. The van der Waals surface area contributed by atoms with Crippen LogP contribution < -0.4 is 0 Å². The van der Waals surface area contributed by atoms with Crippen LogP contribution in [0.1, 0.15) is 22.3 Å². The van der Waals surface area contributed by atoms with Crippen molar-refractivity contribution in [1.29, 1.82) is 0 Å². The van der Waals surface area contributed by atoms with Crippen molar-refractivity contribution < 1.29 is 47.7 Å². The fraction of sp³-hybridized carbons (Fsp3) is 0.105. The number of rotatable bonds is 12. The zero-order chi connectivity index (χ0) is 33.9. The largest absolute Gasteiger partial charge is 0.457 e. The molecular formula is C38H28O10. The highest BCUT2D eigenvalue weighted by Gasteiger charge is 2.48. The second kappa shape index (κ2) is 15.7. The molecule has 10 heteroatoms. The van der Waals surface area contributed by atoms with E-state index in [1.807, 2.05) is 0 Å². The average Bonchev–Trinajstić information content (AvgIpc) is 3.13. The molecule has 0 saturated heterocycles. The van der Waals surface area contributed by atoms with Crippen molar-refractivity contribution in [2.24, 2.45) is 0 Å². The van der Waals surface area contributed by atoms with Gasteiger partial charge in [-0.2, -0.15) is 0 Å². The fourth-order valence-corrected chi connectivity index (χ4v) is 4.66. The van der Waals surface area contributed by atoms with Gasteiger partial charge in [0.25, 0.3) is 0 Å². The monoisotopic (exact) mass is 644 g/mol. The highest BCUT2D eigenvalue weighted by molar-refractivity contribution is 6.49. The van der Waals surface area contributed by atoms with Gasteiger partial charge in [0, 0.05) is 0 Å². The van der Waals surface area contributed by atoms with E-state index in [4.69, 9.17) is 18.9 Å². The van der Waals surface area contributed by atoms with Crippen molar-refractivity contribution in [2.75, 3.05) is 0 Å². The standard InChI is InChI=1S/C38H28O10/c39-33-29(35(41)45-21-25-13-5-1-6-14-25)30(36(42)46-22-26-15-7-2-8-16-26)34(40)32(38(44)48-24-28-19-11-4-12-20-28)31(33)37(43)47-23-27-17-9-3-10-18-27/h1-20H,21-24H2. The maximum absolute atomic E-state index is 14.1. The number of esters is 4. The molecule has 0 spiro atoms. The predicted molar refractivity (Wildman–Crippen MR) is 169 cm³/mol. The molecule has 1 aliphatic rings. The van der Waals surface area contributed by atoms with Gasteiger partial charge in [0.15, 0.2) is 0 Å². The Bertz CT molecular complexity index is 1620. The van der Waals surface area contributed by atoms with Crippen LogP contribution in [0.5, 0.6) is 0 Å². The Balaban J connectivity index is 1.53. The van der Waals surface area contributed by atoms with E-state index >= 15 is 0 Å². The van der Waals surface area contributed by atoms with Gasteiger partial charge in [0.2, 0.25) is 11.6 Å². The molecule has 0 heterocycles. The summed E-state index contributed by atoms with van der Waals surface area (Å²) in [7, 11) is 0. The molecular weight excluding hydrogens is 616 g/mol. The highest BCUT2D eigenvalue weighted by Crippen LogP contribution is 2.30. The maximum Gasteiger partial charge on any atom is 0.343 e. The Hall–Kier alpha value is -6.42. The second-order valence-corrected chi connectivity index (χ2v) is 10.4. The summed E-state index contributed by atoms with van der Waals surface area (Å²) in [6.45, 7) is -1.33. The van der Waals surface area contributed by atoms with E-state index in [1.54, 1.807) is 121 Å². The molecule has 0 bridgehead atoms. The number of Topliss-reactive ketones (excluding diaryl/α,β-unsaturated/α-hetero) is 2. The lowest BCUT2D eigenvalue weighted by Gasteiger charge is -2.21. The van der Waals surface area contributed by atoms with Crippen LogP contribution in [0.25, 0.3) is 0 Å². The Labute approximate surface area is 275 Å². The van der Waals surface area contributed by atoms with Crippen LogP contribution in [0, 0.1) is 0 Å². The topological polar surface area (TPSA) is 139 Å². The molecule has 4 aromatic carbocycles. The zero-order valence-electron chi connectivity index (χ0n) is 25.5. The lowest BCUT2D eigenvalue weighted by Crippen LogP contribution is -2.38. The molecule has 0 fully saturated rings. The Morgan fingerprint density at radius 2 is 0.521 bits per heavy atom. The van der Waals surface area contributed by atoms with Crippen molar-refractivity contribution in [3.63, 3.8) is 0 Å². The van der Waals surface area contributed by atoms with E-state index in [2.05, 4.69) is 0 Å². The number of benzene rings is 4. The van der Waals surface area contributed by atoms with E-state index in [-0.39, 0.29) is 26.4 Å². The molecule has 1 aliphatic carbocycles. The van der Waals surface area contributed by atoms with Crippen LogP contribution in [0.3, 0.4) is 0 Å². The van der Waals surface area contributed by atoms with Crippen molar-refractivity contribution in [3.05, 3.63) is 166 Å². The van der Waals surface area contributed by atoms with Crippen LogP contribution >= 0.6 is 0 Å². The van der Waals surface area contributed by atoms with Crippen LogP contribution in [0.15, 0.2) is 144 Å². The lowest BCUT2D eigenvalue weighted by molar-refractivity contribution is -0.149. The minimum absolute atomic E-state index is 0.333. The highest BCUT2D eigenvalue weighted by atomic mass is 16.5. The molecule has 0 aromatic heterocycles. The Kier molecular flexibility index (Phi) is 10.8. The number of ketones is 2. The quantitative estimate of drug-likeness (QED) is 0.0923. The molecule has 0 radical (unpaired) electrons. The summed E-state index contributed by atoms with van der Waals surface area (Å²) in [6, 6.07) is 33.7. The van der Waals surface area contributed by atoms with E-state index < -0.39 is 57.7 Å². The minimum atomic E-state index is -1.43. The smallest absolute Gasteiger partial charge is 0.343 e. The van der Waals surface area contributed by atoms with Gasteiger partial charge < -0.3 is 18.9 Å². The van der Waals surface area contributed by atoms with E-state index in [0.29, 0.717) is 22.3 Å². The van der Waals surface area contributed by atoms with Gasteiger partial charge in [-0.1, -0.05) is 121 Å². The molecule has 0 amide bonds. The van der Waals surface area contributed by atoms with Crippen LogP contribution in [-0.2, 0) is 74.1 Å². The van der Waals surface area contributed by atoms with Gasteiger partial charge in [-0.15, -0.1) is 0 Å². The van der Waals surface area contributed by atoms with Crippen LogP contribution in [0.4, 0.5) is 0 Å². The molecule has 240 valence electrons. The van der Waals surface area contributed by atoms with Crippen molar-refractivity contribution in [3.8, 4) is 0 Å². The summed E-state index contributed by atoms with van der Waals surface area (Å²) in [4.78, 5) is 82.1. The van der Waals surface area contributed by atoms with Crippen LogP contribution in [-0.4, -0.2) is 35.4 Å². The Morgan fingerprint density at radius 1 is 0.333 bits per heavy atom. The first-order valence-electron chi connectivity index (χ1n) is 14.8. The second-order valence-electron chi connectivity index (χ2n) is 10.4. The molecule has 5 rings (SSSR count). The zero-order valence-corrected chi connectivity index (χ0v) is 25.5. The SMILES string of the molecule is O=C(OCc1ccccc1)C1=C(C(=O)OCc2ccccc2)C(=O)C(C(=O)OCc2ccccc2)=C(C(=O)OCc2ccccc2)C1=O. The van der Waals surface area contributed by atoms with Gasteiger partial charge in [-0.3, -0.25) is 9.59 Å². The molecule has 4 aromatic rings. The van der Waals surface area contributed by atoms with Gasteiger partial charge in [-0.25, -0.2) is 19.2 Å². The molecule has 10 nitrogen and oxygen atoms in total. The first-order chi connectivity index (χ1) is 23.3. The Morgan fingerprint density at radius 3 is 0.708 bits per heavy atom. The number of carbonyl (C=O) groups is 6. The maximum atomic E-state index is 14.1. The van der Waals surface area contributed by atoms with Gasteiger partial charge in [0.1, 0.15) is 48.7 Å². The number of ether oxygens (including phenoxy) is 4. The molecule has 48 heavy (non-hydrogen) atoms. The summed E-state index contributed by atoms with van der Waals surface area (Å²) in [6.07, 6.45) is 0. The van der Waals surface area contributed by atoms with Gasteiger partial charge in [-0.05, 0) is 22.3 Å². The third-order valence-electron chi connectivity index (χ3n) is 7.08. The predicted octanol–water partition coefficient (Wildman–Crippen LogP) is 4.71. The molecule has 0 aliphatic heterocycles. The minimum Gasteiger partial charge on any atom is -0.457 e. The average molecular weight is 645 g/mol. The van der Waals surface area contributed by atoms with Crippen molar-refractivity contribution in [2.45, 2.75) is 26.4 Å². The normalized spacial score (nSPS) is 12.8. The third-order valence-corrected chi connectivity index (χ3v) is 7.08. The van der Waals surface area contributed by atoms with Gasteiger partial charge >= 0.3 is 23.9 Å². The van der Waals surface area contributed by atoms with E-state index in [0.717, 1.165) is 0 Å². The summed E-state index contributed by atoms with van der Waals surface area (Å²) < 4.78 is 21.3. The molecule has 0 saturated carbocycles. The number of hydrogen-bond donors (Lipinski definition) is 0. The molecule has 0 N–H and O–H groups in total. The lowest BCUT2D eigenvalue weighted by atomic mass is 9.83. The van der Waals surface area contributed by atoms with Crippen molar-refractivity contribution in [1.82, 2.24) is 0 Å². The summed E-state index contributed by atoms with van der Waals surface area (Å²) >= 11 is 0. The first kappa shape index (κ1) is 33.0. The van der Waals surface area contributed by atoms with Crippen LogP contribution in [0.2, 0.25) is 0 Å². The summed E-state index contributed by atoms with van der Waals surface area (Å²) in [5.41, 5.74) is -2.12. The number of hydrogen-bond acceptors (Lipinski definition) is 10. The number of carbonyl (C=O) groups excluding carboxylic acids is 6. The summed E-state index contributed by atoms with van der Waals surface area (Å²) in [5, 5.41) is 0. The molecule has 0 atom stereocenters. The van der Waals surface area contributed by atoms with Gasteiger partial charge in [0.05, 0.1) is 0 Å². The summed E-state index contributed by atoms with van der Waals surface area (Å²) in [5.74, 6) is -8.38. The fourth-order valence-electron chi connectivity index (χ4n) is 4.66.